The summed E-state index contributed by atoms with van der Waals surface area (Å²) in [5.41, 5.74) is 3.00. The number of rotatable bonds is 5. The van der Waals surface area contributed by atoms with Gasteiger partial charge < -0.3 is 14.6 Å². The first-order valence-electron chi connectivity index (χ1n) is 11.3. The third-order valence-corrected chi connectivity index (χ3v) is 7.64. The molecule has 0 bridgehead atoms. The predicted molar refractivity (Wildman–Crippen MR) is 125 cm³/mol. The Labute approximate surface area is 196 Å². The Kier molecular flexibility index (Phi) is 6.28. The monoisotopic (exact) mass is 467 g/mol. The Balaban J connectivity index is 1.29. The van der Waals surface area contributed by atoms with Crippen molar-refractivity contribution in [2.24, 2.45) is 0 Å². The lowest BCUT2D eigenvalue weighted by molar-refractivity contribution is 0.0597. The van der Waals surface area contributed by atoms with Crippen LogP contribution in [0.5, 0.6) is 0 Å². The lowest BCUT2D eigenvalue weighted by Gasteiger charge is -2.34. The van der Waals surface area contributed by atoms with E-state index in [1.807, 2.05) is 4.90 Å². The molecule has 5 rings (SSSR count). The molecule has 2 amide bonds. The summed E-state index contributed by atoms with van der Waals surface area (Å²) in [6, 6.07) is 9.05. The van der Waals surface area contributed by atoms with Gasteiger partial charge in [-0.25, -0.2) is 4.39 Å². The highest BCUT2D eigenvalue weighted by Crippen LogP contribution is 2.39. The van der Waals surface area contributed by atoms with E-state index in [1.165, 1.54) is 53.0 Å². The van der Waals surface area contributed by atoms with Gasteiger partial charge in [-0.05, 0) is 67.6 Å². The van der Waals surface area contributed by atoms with E-state index < -0.39 is 0 Å². The molecule has 0 saturated carbocycles. The average molecular weight is 468 g/mol. The van der Waals surface area contributed by atoms with E-state index in [2.05, 4.69) is 10.2 Å². The third kappa shape index (κ3) is 4.72. The number of carbonyl (C=O) groups excluding carboxylic acids is 2. The number of nitrogens with zero attached hydrogens (tertiary/aromatic N) is 2. The molecular weight excluding hydrogens is 441 g/mol. The highest BCUT2D eigenvalue weighted by molar-refractivity contribution is 7.16. The molecule has 1 aliphatic heterocycles. The van der Waals surface area contributed by atoms with Crippen molar-refractivity contribution in [3.05, 3.63) is 75.8 Å². The second-order valence-electron chi connectivity index (χ2n) is 8.53. The van der Waals surface area contributed by atoms with E-state index in [1.54, 1.807) is 23.5 Å². The molecule has 33 heavy (non-hydrogen) atoms. The molecule has 1 saturated heterocycles. The summed E-state index contributed by atoms with van der Waals surface area (Å²) in [5, 5.41) is 3.99. The van der Waals surface area contributed by atoms with Gasteiger partial charge in [-0.15, -0.1) is 11.3 Å². The van der Waals surface area contributed by atoms with Crippen LogP contribution in [0, 0.1) is 5.82 Å². The lowest BCUT2D eigenvalue weighted by Crippen LogP contribution is -2.48. The van der Waals surface area contributed by atoms with Crippen LogP contribution in [0.4, 0.5) is 9.39 Å². The first-order valence-corrected chi connectivity index (χ1v) is 12.2. The molecule has 1 aliphatic carbocycles. The highest BCUT2D eigenvalue weighted by atomic mass is 32.1. The molecule has 1 aromatic carbocycles. The fourth-order valence-corrected chi connectivity index (χ4v) is 5.86. The molecule has 0 unspecified atom stereocenters. The Morgan fingerprint density at radius 1 is 1.03 bits per heavy atom. The zero-order valence-electron chi connectivity index (χ0n) is 18.3. The molecule has 0 spiro atoms. The maximum atomic E-state index is 13.2. The Hall–Kier alpha value is -2.97. The lowest BCUT2D eigenvalue weighted by atomic mass is 9.95. The number of benzene rings is 1. The summed E-state index contributed by atoms with van der Waals surface area (Å²) in [6.07, 6.45) is 5.93. The number of fused-ring (bicyclic) bond motifs is 1. The first-order chi connectivity index (χ1) is 16.1. The molecule has 1 N–H and O–H groups in total. The van der Waals surface area contributed by atoms with Crippen LogP contribution in [0.25, 0.3) is 0 Å². The Morgan fingerprint density at radius 3 is 2.52 bits per heavy atom. The quantitative estimate of drug-likeness (QED) is 0.597. The number of furan rings is 1. The van der Waals surface area contributed by atoms with Crippen LogP contribution in [0.15, 0.2) is 47.1 Å². The van der Waals surface area contributed by atoms with Gasteiger partial charge in [0.05, 0.1) is 6.26 Å². The summed E-state index contributed by atoms with van der Waals surface area (Å²) in [7, 11) is 0. The largest absolute Gasteiger partial charge is 0.459 e. The smallest absolute Gasteiger partial charge is 0.289 e. The van der Waals surface area contributed by atoms with E-state index in [-0.39, 0.29) is 17.6 Å². The van der Waals surface area contributed by atoms with Crippen LogP contribution in [-0.2, 0) is 19.4 Å². The van der Waals surface area contributed by atoms with Crippen molar-refractivity contribution in [3.8, 4) is 0 Å². The molecule has 0 atom stereocenters. The Bertz CT molecular complexity index is 1130. The maximum Gasteiger partial charge on any atom is 0.289 e. The van der Waals surface area contributed by atoms with E-state index in [0.717, 1.165) is 43.9 Å². The minimum absolute atomic E-state index is 0.0696. The summed E-state index contributed by atoms with van der Waals surface area (Å²) < 4.78 is 18.5. The molecule has 172 valence electrons. The van der Waals surface area contributed by atoms with Crippen molar-refractivity contribution in [3.63, 3.8) is 0 Å². The third-order valence-electron chi connectivity index (χ3n) is 6.39. The first kappa shape index (κ1) is 21.9. The number of aryl methyl sites for hydroxylation is 1. The van der Waals surface area contributed by atoms with Crippen molar-refractivity contribution in [1.82, 2.24) is 9.80 Å². The normalized spacial score (nSPS) is 16.5. The summed E-state index contributed by atoms with van der Waals surface area (Å²) in [5.74, 6) is -0.270. The molecule has 3 heterocycles. The van der Waals surface area contributed by atoms with E-state index >= 15 is 0 Å². The van der Waals surface area contributed by atoms with Gasteiger partial charge in [0.25, 0.3) is 11.8 Å². The topological polar surface area (TPSA) is 65.8 Å². The highest BCUT2D eigenvalue weighted by Gasteiger charge is 2.27. The standard InChI is InChI=1S/C25H26FN3O3S/c26-18-9-7-17(8-10-18)23(30)27-24-20(19-4-1-2-6-22(19)33-24)16-28-11-13-29(14-12-28)25(31)21-5-3-15-32-21/h3,5,7-10,15H,1-2,4,6,11-14,16H2,(H,27,30). The minimum Gasteiger partial charge on any atom is -0.459 e. The molecule has 2 aromatic heterocycles. The van der Waals surface area contributed by atoms with Crippen LogP contribution in [0.1, 0.15) is 49.8 Å². The number of piperazine rings is 1. The zero-order chi connectivity index (χ0) is 22.8. The number of carbonyl (C=O) groups is 2. The van der Waals surface area contributed by atoms with Crippen molar-refractivity contribution < 1.29 is 18.4 Å². The number of thiophene rings is 1. The summed E-state index contributed by atoms with van der Waals surface area (Å²) in [6.45, 7) is 3.56. The number of nitrogens with one attached hydrogen (secondary N) is 1. The van der Waals surface area contributed by atoms with Gasteiger partial charge in [0.2, 0.25) is 0 Å². The van der Waals surface area contributed by atoms with Gasteiger partial charge in [0.15, 0.2) is 5.76 Å². The summed E-state index contributed by atoms with van der Waals surface area (Å²) in [4.78, 5) is 30.9. The minimum atomic E-state index is -0.358. The fraction of sp³-hybridized carbons (Fsp3) is 0.360. The van der Waals surface area contributed by atoms with Gasteiger partial charge in [0.1, 0.15) is 10.8 Å². The molecule has 0 radical (unpaired) electrons. The average Bonchev–Trinajstić information content (AvgIpc) is 3.49. The van der Waals surface area contributed by atoms with Crippen LogP contribution < -0.4 is 5.32 Å². The van der Waals surface area contributed by atoms with Crippen LogP contribution in [0.3, 0.4) is 0 Å². The molecular formula is C25H26FN3O3S. The predicted octanol–water partition coefficient (Wildman–Crippen LogP) is 4.57. The number of hydrogen-bond acceptors (Lipinski definition) is 5. The van der Waals surface area contributed by atoms with Crippen LogP contribution >= 0.6 is 11.3 Å². The number of halogens is 1. The molecule has 8 heteroatoms. The molecule has 1 fully saturated rings. The second kappa shape index (κ2) is 9.49. The molecule has 3 aromatic rings. The van der Waals surface area contributed by atoms with Crippen LogP contribution in [0.2, 0.25) is 0 Å². The van der Waals surface area contributed by atoms with Crippen molar-refractivity contribution in [2.75, 3.05) is 31.5 Å². The number of amides is 2. The zero-order valence-corrected chi connectivity index (χ0v) is 19.1. The second-order valence-corrected chi connectivity index (χ2v) is 9.63. The van der Waals surface area contributed by atoms with Crippen molar-refractivity contribution >= 4 is 28.2 Å². The van der Waals surface area contributed by atoms with Gasteiger partial charge in [0, 0.05) is 48.7 Å². The van der Waals surface area contributed by atoms with Crippen molar-refractivity contribution in [1.29, 1.82) is 0 Å². The van der Waals surface area contributed by atoms with E-state index in [0.29, 0.717) is 24.4 Å². The maximum absolute atomic E-state index is 13.2. The molecule has 6 nitrogen and oxygen atoms in total. The number of hydrogen-bond donors (Lipinski definition) is 1. The Morgan fingerprint density at radius 2 is 1.79 bits per heavy atom. The van der Waals surface area contributed by atoms with E-state index in [4.69, 9.17) is 4.42 Å². The van der Waals surface area contributed by atoms with Crippen molar-refractivity contribution in [2.45, 2.75) is 32.2 Å². The van der Waals surface area contributed by atoms with Gasteiger partial charge >= 0.3 is 0 Å². The SMILES string of the molecule is O=C(Nc1sc2c(c1CN1CCN(C(=O)c3ccco3)CC1)CCCC2)c1ccc(F)cc1. The summed E-state index contributed by atoms with van der Waals surface area (Å²) >= 11 is 1.67. The van der Waals surface area contributed by atoms with E-state index in [9.17, 15) is 14.0 Å². The van der Waals surface area contributed by atoms with Gasteiger partial charge in [-0.3, -0.25) is 14.5 Å². The van der Waals surface area contributed by atoms with Gasteiger partial charge in [-0.1, -0.05) is 0 Å². The van der Waals surface area contributed by atoms with Gasteiger partial charge in [-0.2, -0.15) is 0 Å². The fourth-order valence-electron chi connectivity index (χ4n) is 4.56. The number of anilines is 1. The van der Waals surface area contributed by atoms with Crippen LogP contribution in [-0.4, -0.2) is 47.8 Å². The molecule has 2 aliphatic rings.